The van der Waals surface area contributed by atoms with Crippen LogP contribution in [-0.2, 0) is 6.54 Å². The highest BCUT2D eigenvalue weighted by Gasteiger charge is 2.12. The topological polar surface area (TPSA) is 76.4 Å². The molecule has 21 heavy (non-hydrogen) atoms. The van der Waals surface area contributed by atoms with Crippen molar-refractivity contribution in [3.8, 4) is 5.88 Å². The van der Waals surface area contributed by atoms with Crippen LogP contribution in [0.15, 0.2) is 34.9 Å². The third kappa shape index (κ3) is 4.24. The monoisotopic (exact) mass is 289 g/mol. The van der Waals surface area contributed by atoms with Gasteiger partial charge in [-0.05, 0) is 31.5 Å². The van der Waals surface area contributed by atoms with E-state index in [4.69, 9.17) is 9.15 Å². The van der Waals surface area contributed by atoms with Crippen molar-refractivity contribution in [1.29, 1.82) is 0 Å². The van der Waals surface area contributed by atoms with Gasteiger partial charge >= 0.3 is 6.03 Å². The molecule has 0 fully saturated rings. The minimum absolute atomic E-state index is 0.187. The van der Waals surface area contributed by atoms with Crippen LogP contribution >= 0.6 is 0 Å². The number of nitrogens with one attached hydrogen (secondary N) is 2. The Balaban J connectivity index is 1.81. The number of nitrogens with zero attached hydrogens (tertiary/aromatic N) is 1. The standard InChI is InChI=1S/C15H19N3O3/c1-10-4-6-13(21-10)11(2)18-15(19)17-9-12-5-7-14(20-3)16-8-12/h4-8,11H,9H2,1-3H3,(H2,17,18,19). The molecule has 112 valence electrons. The second-order valence-electron chi connectivity index (χ2n) is 4.71. The van der Waals surface area contributed by atoms with Crippen LogP contribution in [0.2, 0.25) is 0 Å². The minimum atomic E-state index is -0.257. The third-order valence-corrected chi connectivity index (χ3v) is 3.00. The lowest BCUT2D eigenvalue weighted by Crippen LogP contribution is -2.36. The largest absolute Gasteiger partial charge is 0.481 e. The smallest absolute Gasteiger partial charge is 0.315 e. The molecule has 0 radical (unpaired) electrons. The summed E-state index contributed by atoms with van der Waals surface area (Å²) in [5.41, 5.74) is 0.896. The van der Waals surface area contributed by atoms with Gasteiger partial charge in [0, 0.05) is 18.8 Å². The van der Waals surface area contributed by atoms with Crippen LogP contribution in [-0.4, -0.2) is 18.1 Å². The molecule has 0 saturated carbocycles. The molecule has 6 nitrogen and oxygen atoms in total. The summed E-state index contributed by atoms with van der Waals surface area (Å²) in [6.07, 6.45) is 1.67. The number of pyridine rings is 1. The maximum Gasteiger partial charge on any atom is 0.315 e. The van der Waals surface area contributed by atoms with E-state index in [1.54, 1.807) is 19.4 Å². The van der Waals surface area contributed by atoms with E-state index in [9.17, 15) is 4.79 Å². The van der Waals surface area contributed by atoms with E-state index in [-0.39, 0.29) is 12.1 Å². The maximum absolute atomic E-state index is 11.8. The maximum atomic E-state index is 11.8. The molecular weight excluding hydrogens is 270 g/mol. The van der Waals surface area contributed by atoms with Crippen molar-refractivity contribution in [1.82, 2.24) is 15.6 Å². The number of hydrogen-bond donors (Lipinski definition) is 2. The van der Waals surface area contributed by atoms with E-state index in [1.165, 1.54) is 0 Å². The Morgan fingerprint density at radius 3 is 2.76 bits per heavy atom. The van der Waals surface area contributed by atoms with Crippen LogP contribution in [0.3, 0.4) is 0 Å². The SMILES string of the molecule is COc1ccc(CNC(=O)NC(C)c2ccc(C)o2)cn1. The number of methoxy groups -OCH3 is 1. The van der Waals surface area contributed by atoms with Crippen molar-refractivity contribution in [2.45, 2.75) is 26.4 Å². The summed E-state index contributed by atoms with van der Waals surface area (Å²) in [6.45, 7) is 4.13. The number of hydrogen-bond acceptors (Lipinski definition) is 4. The van der Waals surface area contributed by atoms with Crippen LogP contribution in [0.4, 0.5) is 4.79 Å². The Morgan fingerprint density at radius 2 is 2.19 bits per heavy atom. The summed E-state index contributed by atoms with van der Waals surface area (Å²) in [5.74, 6) is 2.10. The molecule has 2 heterocycles. The Hall–Kier alpha value is -2.50. The molecule has 2 amide bonds. The Labute approximate surface area is 123 Å². The van der Waals surface area contributed by atoms with E-state index in [1.807, 2.05) is 32.0 Å². The van der Waals surface area contributed by atoms with Gasteiger partial charge in [-0.3, -0.25) is 0 Å². The van der Waals surface area contributed by atoms with Gasteiger partial charge in [0.2, 0.25) is 5.88 Å². The van der Waals surface area contributed by atoms with Gasteiger partial charge in [-0.25, -0.2) is 9.78 Å². The van der Waals surface area contributed by atoms with Crippen molar-refractivity contribution in [2.75, 3.05) is 7.11 Å². The first-order chi connectivity index (χ1) is 10.1. The van der Waals surface area contributed by atoms with Crippen LogP contribution in [0.5, 0.6) is 5.88 Å². The molecule has 0 aliphatic rings. The number of carbonyl (C=O) groups excluding carboxylic acids is 1. The van der Waals surface area contributed by atoms with Gasteiger partial charge in [-0.2, -0.15) is 0 Å². The second kappa shape index (κ2) is 6.78. The highest BCUT2D eigenvalue weighted by molar-refractivity contribution is 5.74. The molecule has 2 rings (SSSR count). The molecular formula is C15H19N3O3. The van der Waals surface area contributed by atoms with Gasteiger partial charge in [0.25, 0.3) is 0 Å². The number of ether oxygens (including phenoxy) is 1. The molecule has 0 spiro atoms. The molecule has 0 aromatic carbocycles. The highest BCUT2D eigenvalue weighted by Crippen LogP contribution is 2.15. The van der Waals surface area contributed by atoms with Crippen LogP contribution < -0.4 is 15.4 Å². The van der Waals surface area contributed by atoms with Crippen LogP contribution in [0.25, 0.3) is 0 Å². The average molecular weight is 289 g/mol. The van der Waals surface area contributed by atoms with Gasteiger partial charge < -0.3 is 19.8 Å². The molecule has 6 heteroatoms. The quantitative estimate of drug-likeness (QED) is 0.887. The van der Waals surface area contributed by atoms with Gasteiger partial charge in [-0.1, -0.05) is 6.07 Å². The van der Waals surface area contributed by atoms with Crippen molar-refractivity contribution in [3.63, 3.8) is 0 Å². The van der Waals surface area contributed by atoms with Crippen molar-refractivity contribution < 1.29 is 13.9 Å². The lowest BCUT2D eigenvalue weighted by Gasteiger charge is -2.12. The fourth-order valence-electron chi connectivity index (χ4n) is 1.82. The molecule has 0 bridgehead atoms. The van der Waals surface area contributed by atoms with Gasteiger partial charge in [-0.15, -0.1) is 0 Å². The minimum Gasteiger partial charge on any atom is -0.481 e. The summed E-state index contributed by atoms with van der Waals surface area (Å²) in [7, 11) is 1.56. The summed E-state index contributed by atoms with van der Waals surface area (Å²) in [5, 5.41) is 5.58. The molecule has 0 aliphatic heterocycles. The third-order valence-electron chi connectivity index (χ3n) is 3.00. The molecule has 1 atom stereocenters. The van der Waals surface area contributed by atoms with Crippen molar-refractivity contribution in [3.05, 3.63) is 47.5 Å². The molecule has 2 aromatic rings. The summed E-state index contributed by atoms with van der Waals surface area (Å²) < 4.78 is 10.4. The Morgan fingerprint density at radius 1 is 1.38 bits per heavy atom. The van der Waals surface area contributed by atoms with Gasteiger partial charge in [0.15, 0.2) is 0 Å². The summed E-state index contributed by atoms with van der Waals surface area (Å²) >= 11 is 0. The lowest BCUT2D eigenvalue weighted by molar-refractivity contribution is 0.235. The van der Waals surface area contributed by atoms with Crippen LogP contribution in [0.1, 0.15) is 30.0 Å². The fraction of sp³-hybridized carbons (Fsp3) is 0.333. The van der Waals surface area contributed by atoms with E-state index >= 15 is 0 Å². The molecule has 2 aromatic heterocycles. The van der Waals surface area contributed by atoms with Gasteiger partial charge in [0.1, 0.15) is 11.5 Å². The first-order valence-electron chi connectivity index (χ1n) is 6.68. The first kappa shape index (κ1) is 14.9. The number of urea groups is 1. The number of amides is 2. The highest BCUT2D eigenvalue weighted by atomic mass is 16.5. The lowest BCUT2D eigenvalue weighted by atomic mass is 10.2. The summed E-state index contributed by atoms with van der Waals surface area (Å²) in [6, 6.07) is 6.89. The average Bonchev–Trinajstić information content (AvgIpc) is 2.92. The zero-order valence-electron chi connectivity index (χ0n) is 12.3. The zero-order chi connectivity index (χ0) is 15.2. The number of aryl methyl sites for hydroxylation is 1. The predicted octanol–water partition coefficient (Wildman–Crippen LogP) is 2.55. The summed E-state index contributed by atoms with van der Waals surface area (Å²) in [4.78, 5) is 15.9. The Bertz CT molecular complexity index is 592. The number of rotatable bonds is 5. The van der Waals surface area contributed by atoms with E-state index in [0.29, 0.717) is 12.4 Å². The van der Waals surface area contributed by atoms with Crippen LogP contribution in [0, 0.1) is 6.92 Å². The zero-order valence-corrected chi connectivity index (χ0v) is 12.3. The van der Waals surface area contributed by atoms with E-state index in [2.05, 4.69) is 15.6 Å². The molecule has 0 aliphatic carbocycles. The Kier molecular flexibility index (Phi) is 4.81. The van der Waals surface area contributed by atoms with Crippen molar-refractivity contribution >= 4 is 6.03 Å². The second-order valence-corrected chi connectivity index (χ2v) is 4.71. The van der Waals surface area contributed by atoms with Crippen molar-refractivity contribution in [2.24, 2.45) is 0 Å². The molecule has 2 N–H and O–H groups in total. The number of furan rings is 1. The van der Waals surface area contributed by atoms with Gasteiger partial charge in [0.05, 0.1) is 13.2 Å². The number of aromatic nitrogens is 1. The molecule has 1 unspecified atom stereocenters. The fourth-order valence-corrected chi connectivity index (χ4v) is 1.82. The molecule has 0 saturated heterocycles. The van der Waals surface area contributed by atoms with E-state index in [0.717, 1.165) is 17.1 Å². The predicted molar refractivity (Wildman–Crippen MR) is 78.0 cm³/mol. The normalized spacial score (nSPS) is 11.8. The van der Waals surface area contributed by atoms with E-state index < -0.39 is 0 Å². The number of carbonyl (C=O) groups is 1. The first-order valence-corrected chi connectivity index (χ1v) is 6.68.